The molecule has 5 heteroatoms. The molecule has 0 radical (unpaired) electrons. The van der Waals surface area contributed by atoms with Crippen LogP contribution in [0.1, 0.15) is 5.69 Å². The summed E-state index contributed by atoms with van der Waals surface area (Å²) < 4.78 is 5.27. The van der Waals surface area contributed by atoms with E-state index in [4.69, 9.17) is 27.9 Å². The highest BCUT2D eigenvalue weighted by Gasteiger charge is 2.13. The topological polar surface area (TPSA) is 22.1 Å². The number of halogens is 2. The first kappa shape index (κ1) is 11.7. The summed E-state index contributed by atoms with van der Waals surface area (Å²) in [4.78, 5) is 4.39. The molecule has 0 bridgehead atoms. The minimum absolute atomic E-state index is 0.406. The first-order chi connectivity index (χ1) is 7.76. The molecule has 0 fully saturated rings. The monoisotopic (exact) mass is 273 g/mol. The summed E-state index contributed by atoms with van der Waals surface area (Å²) in [6.45, 7) is 0. The Labute approximate surface area is 108 Å². The Morgan fingerprint density at radius 1 is 1.44 bits per heavy atom. The molecule has 0 unspecified atom stereocenters. The average Bonchev–Trinajstić information content (AvgIpc) is 2.76. The number of methoxy groups -OCH3 is 1. The third-order valence-electron chi connectivity index (χ3n) is 2.10. The molecule has 1 aromatic carbocycles. The molecule has 2 aromatic rings. The fraction of sp³-hybridized carbons (Fsp3) is 0.182. The van der Waals surface area contributed by atoms with Gasteiger partial charge in [-0.2, -0.15) is 0 Å². The van der Waals surface area contributed by atoms with E-state index in [1.807, 2.05) is 23.6 Å². The zero-order valence-electron chi connectivity index (χ0n) is 8.54. The first-order valence-electron chi connectivity index (χ1n) is 4.59. The average molecular weight is 274 g/mol. The third kappa shape index (κ3) is 2.17. The van der Waals surface area contributed by atoms with Crippen molar-refractivity contribution in [3.8, 4) is 16.3 Å². The summed E-state index contributed by atoms with van der Waals surface area (Å²) in [5.41, 5.74) is 1.68. The Morgan fingerprint density at radius 2 is 2.25 bits per heavy atom. The molecule has 2 nitrogen and oxygen atoms in total. The molecular formula is C11H9Cl2NOS. The maximum atomic E-state index is 6.15. The number of nitrogens with zero attached hydrogens (tertiary/aromatic N) is 1. The zero-order chi connectivity index (χ0) is 11.5. The van der Waals surface area contributed by atoms with Crippen LogP contribution in [0.25, 0.3) is 10.6 Å². The molecule has 0 saturated carbocycles. The highest BCUT2D eigenvalue weighted by molar-refractivity contribution is 7.13. The van der Waals surface area contributed by atoms with Gasteiger partial charge in [-0.05, 0) is 12.1 Å². The number of ether oxygens (including phenoxy) is 1. The smallest absolute Gasteiger partial charge is 0.130 e. The molecular weight excluding hydrogens is 265 g/mol. The van der Waals surface area contributed by atoms with Crippen molar-refractivity contribution in [3.63, 3.8) is 0 Å². The number of rotatable bonds is 3. The van der Waals surface area contributed by atoms with Gasteiger partial charge in [0.2, 0.25) is 0 Å². The summed E-state index contributed by atoms with van der Waals surface area (Å²) >= 11 is 13.4. The van der Waals surface area contributed by atoms with Gasteiger partial charge in [0, 0.05) is 5.38 Å². The maximum absolute atomic E-state index is 6.15. The van der Waals surface area contributed by atoms with Crippen molar-refractivity contribution in [2.24, 2.45) is 0 Å². The van der Waals surface area contributed by atoms with Crippen LogP contribution in [0.15, 0.2) is 23.6 Å². The van der Waals surface area contributed by atoms with Crippen molar-refractivity contribution >= 4 is 34.5 Å². The van der Waals surface area contributed by atoms with E-state index in [0.717, 1.165) is 22.0 Å². The van der Waals surface area contributed by atoms with Gasteiger partial charge < -0.3 is 4.74 Å². The van der Waals surface area contributed by atoms with E-state index in [1.165, 1.54) is 11.3 Å². The minimum atomic E-state index is 0.406. The van der Waals surface area contributed by atoms with Crippen molar-refractivity contribution < 1.29 is 4.74 Å². The van der Waals surface area contributed by atoms with Crippen LogP contribution in [-0.4, -0.2) is 12.1 Å². The highest BCUT2D eigenvalue weighted by Crippen LogP contribution is 2.37. The van der Waals surface area contributed by atoms with E-state index in [9.17, 15) is 0 Å². The van der Waals surface area contributed by atoms with Gasteiger partial charge in [0.1, 0.15) is 10.8 Å². The number of thiazole rings is 1. The molecule has 0 spiro atoms. The molecule has 0 atom stereocenters. The predicted octanol–water partition coefficient (Wildman–Crippen LogP) is 4.21. The molecule has 0 saturated heterocycles. The van der Waals surface area contributed by atoms with E-state index < -0.39 is 0 Å². The van der Waals surface area contributed by atoms with Crippen LogP contribution in [0, 0.1) is 0 Å². The summed E-state index contributed by atoms with van der Waals surface area (Å²) in [5, 5.41) is 3.39. The summed E-state index contributed by atoms with van der Waals surface area (Å²) in [5.74, 6) is 1.13. The third-order valence-corrected chi connectivity index (χ3v) is 3.60. The Balaban J connectivity index is 2.53. The Morgan fingerprint density at radius 3 is 2.88 bits per heavy atom. The highest BCUT2D eigenvalue weighted by atomic mass is 35.5. The summed E-state index contributed by atoms with van der Waals surface area (Å²) in [6.07, 6.45) is 0. The lowest BCUT2D eigenvalue weighted by atomic mass is 10.2. The summed E-state index contributed by atoms with van der Waals surface area (Å²) in [6, 6.07) is 5.53. The number of aromatic nitrogens is 1. The molecule has 1 aromatic heterocycles. The lowest BCUT2D eigenvalue weighted by Crippen LogP contribution is -1.88. The second-order valence-corrected chi connectivity index (χ2v) is 4.63. The van der Waals surface area contributed by atoms with Crippen LogP contribution in [-0.2, 0) is 5.88 Å². The van der Waals surface area contributed by atoms with Gasteiger partial charge in [-0.15, -0.1) is 22.9 Å². The molecule has 0 aliphatic heterocycles. The van der Waals surface area contributed by atoms with Crippen molar-refractivity contribution in [3.05, 3.63) is 34.3 Å². The van der Waals surface area contributed by atoms with Crippen molar-refractivity contribution in [2.45, 2.75) is 5.88 Å². The predicted molar refractivity (Wildman–Crippen MR) is 68.7 cm³/mol. The maximum Gasteiger partial charge on any atom is 0.130 e. The lowest BCUT2D eigenvalue weighted by Gasteiger charge is -2.07. The van der Waals surface area contributed by atoms with E-state index in [0.29, 0.717) is 10.9 Å². The van der Waals surface area contributed by atoms with Gasteiger partial charge in [0.15, 0.2) is 0 Å². The number of benzene rings is 1. The quantitative estimate of drug-likeness (QED) is 0.782. The van der Waals surface area contributed by atoms with Gasteiger partial charge in [0.25, 0.3) is 0 Å². The fourth-order valence-corrected chi connectivity index (χ4v) is 2.79. The van der Waals surface area contributed by atoms with Gasteiger partial charge in [0.05, 0.1) is 29.3 Å². The van der Waals surface area contributed by atoms with Crippen molar-refractivity contribution in [1.82, 2.24) is 4.98 Å². The Hall–Kier alpha value is -0.770. The lowest BCUT2D eigenvalue weighted by molar-refractivity contribution is 0.416. The standard InChI is InChI=1S/C11H9Cl2NOS/c1-15-9-4-2-3-8(13)10(9)11-14-7(5-12)6-16-11/h2-4,6H,5H2,1H3. The molecule has 84 valence electrons. The van der Waals surface area contributed by atoms with E-state index in [1.54, 1.807) is 7.11 Å². The van der Waals surface area contributed by atoms with E-state index >= 15 is 0 Å². The molecule has 0 N–H and O–H groups in total. The molecule has 0 aliphatic rings. The molecule has 0 amide bonds. The Kier molecular flexibility index (Phi) is 3.69. The van der Waals surface area contributed by atoms with Crippen LogP contribution in [0.5, 0.6) is 5.75 Å². The molecule has 1 heterocycles. The SMILES string of the molecule is COc1cccc(Cl)c1-c1nc(CCl)cs1. The fourth-order valence-electron chi connectivity index (χ4n) is 1.37. The van der Waals surface area contributed by atoms with Crippen molar-refractivity contribution in [1.29, 1.82) is 0 Å². The normalized spacial score (nSPS) is 10.4. The number of hydrogen-bond acceptors (Lipinski definition) is 3. The van der Waals surface area contributed by atoms with Crippen LogP contribution in [0.2, 0.25) is 5.02 Å². The number of alkyl halides is 1. The zero-order valence-corrected chi connectivity index (χ0v) is 10.9. The number of hydrogen-bond donors (Lipinski definition) is 0. The van der Waals surface area contributed by atoms with Gasteiger partial charge in [-0.3, -0.25) is 0 Å². The second-order valence-electron chi connectivity index (χ2n) is 3.09. The Bertz CT molecular complexity index is 498. The van der Waals surface area contributed by atoms with Crippen LogP contribution < -0.4 is 4.74 Å². The van der Waals surface area contributed by atoms with Crippen molar-refractivity contribution in [2.75, 3.05) is 7.11 Å². The van der Waals surface area contributed by atoms with Crippen LogP contribution in [0.4, 0.5) is 0 Å². The summed E-state index contributed by atoms with van der Waals surface area (Å²) in [7, 11) is 1.62. The van der Waals surface area contributed by atoms with Crippen LogP contribution >= 0.6 is 34.5 Å². The first-order valence-corrected chi connectivity index (χ1v) is 6.38. The van der Waals surface area contributed by atoms with E-state index in [-0.39, 0.29) is 0 Å². The molecule has 16 heavy (non-hydrogen) atoms. The molecule has 0 aliphatic carbocycles. The largest absolute Gasteiger partial charge is 0.496 e. The van der Waals surface area contributed by atoms with Gasteiger partial charge in [-0.25, -0.2) is 4.98 Å². The minimum Gasteiger partial charge on any atom is -0.496 e. The second kappa shape index (κ2) is 5.04. The van der Waals surface area contributed by atoms with Gasteiger partial charge >= 0.3 is 0 Å². The van der Waals surface area contributed by atoms with Crippen LogP contribution in [0.3, 0.4) is 0 Å². The van der Waals surface area contributed by atoms with Gasteiger partial charge in [-0.1, -0.05) is 17.7 Å². The molecule has 2 rings (SSSR count). The van der Waals surface area contributed by atoms with E-state index in [2.05, 4.69) is 4.98 Å².